The van der Waals surface area contributed by atoms with Gasteiger partial charge in [0, 0.05) is 10.8 Å². The van der Waals surface area contributed by atoms with Gasteiger partial charge in [-0.25, -0.2) is 4.68 Å². The largest absolute Gasteiger partial charge is 0.259 e. The number of nitrogens with zero attached hydrogens (tertiary/aromatic N) is 5. The number of aryl methyl sites for hydroxylation is 1. The molecule has 134 valence electrons. The minimum absolute atomic E-state index is 0.426. The molecular formula is C19H14Cl2N6. The summed E-state index contributed by atoms with van der Waals surface area (Å²) in [6, 6.07) is 15.2. The Hall–Kier alpha value is -2.96. The topological polar surface area (TPSA) is 68.0 Å². The molecule has 1 N–H and O–H groups in total. The summed E-state index contributed by atoms with van der Waals surface area (Å²) in [5, 5.41) is 19.7. The summed E-state index contributed by atoms with van der Waals surface area (Å²) in [6.45, 7) is 1.86. The maximum atomic E-state index is 6.51. The zero-order valence-electron chi connectivity index (χ0n) is 14.3. The van der Waals surface area contributed by atoms with Crippen molar-refractivity contribution < 1.29 is 0 Å². The highest BCUT2D eigenvalue weighted by Crippen LogP contribution is 2.26. The Morgan fingerprint density at radius 3 is 2.70 bits per heavy atom. The van der Waals surface area contributed by atoms with Crippen molar-refractivity contribution in [3.8, 4) is 5.69 Å². The van der Waals surface area contributed by atoms with Gasteiger partial charge in [0.25, 0.3) is 0 Å². The van der Waals surface area contributed by atoms with Crippen LogP contribution < -0.4 is 5.43 Å². The molecule has 0 atom stereocenters. The third-order valence-corrected chi connectivity index (χ3v) is 4.75. The lowest BCUT2D eigenvalue weighted by molar-refractivity contribution is 0.863. The molecule has 8 heteroatoms. The molecule has 0 saturated heterocycles. The number of anilines is 1. The van der Waals surface area contributed by atoms with Crippen LogP contribution in [0.2, 0.25) is 10.2 Å². The molecule has 0 saturated carbocycles. The third-order valence-electron chi connectivity index (χ3n) is 4.06. The van der Waals surface area contributed by atoms with Gasteiger partial charge in [0.15, 0.2) is 5.82 Å². The van der Waals surface area contributed by atoms with Crippen molar-refractivity contribution >= 4 is 46.0 Å². The average molecular weight is 397 g/mol. The molecule has 27 heavy (non-hydrogen) atoms. The van der Waals surface area contributed by atoms with Gasteiger partial charge in [-0.05, 0) is 19.1 Å². The second kappa shape index (κ2) is 7.34. The fourth-order valence-corrected chi connectivity index (χ4v) is 3.24. The van der Waals surface area contributed by atoms with E-state index in [4.69, 9.17) is 23.2 Å². The summed E-state index contributed by atoms with van der Waals surface area (Å²) in [6.07, 6.45) is 3.32. The van der Waals surface area contributed by atoms with Gasteiger partial charge in [-0.3, -0.25) is 5.43 Å². The average Bonchev–Trinajstić information content (AvgIpc) is 2.96. The normalized spacial score (nSPS) is 11.4. The van der Waals surface area contributed by atoms with Crippen molar-refractivity contribution in [3.05, 3.63) is 76.2 Å². The highest BCUT2D eigenvalue weighted by atomic mass is 35.5. The smallest absolute Gasteiger partial charge is 0.176 e. The van der Waals surface area contributed by atoms with E-state index in [0.29, 0.717) is 27.2 Å². The van der Waals surface area contributed by atoms with Crippen molar-refractivity contribution in [1.29, 1.82) is 0 Å². The molecule has 6 nitrogen and oxygen atoms in total. The van der Waals surface area contributed by atoms with Crippen LogP contribution in [0.5, 0.6) is 0 Å². The number of hydrogen-bond acceptors (Lipinski definition) is 5. The zero-order valence-corrected chi connectivity index (χ0v) is 15.8. The molecular weight excluding hydrogens is 383 g/mol. The van der Waals surface area contributed by atoms with Gasteiger partial charge in [0.05, 0.1) is 34.4 Å². The second-order valence-corrected chi connectivity index (χ2v) is 6.57. The first-order valence-electron chi connectivity index (χ1n) is 8.14. The first-order valence-corrected chi connectivity index (χ1v) is 8.90. The molecule has 0 spiro atoms. The number of fused-ring (bicyclic) bond motifs is 1. The van der Waals surface area contributed by atoms with Crippen LogP contribution in [0.4, 0.5) is 5.82 Å². The summed E-state index contributed by atoms with van der Waals surface area (Å²) >= 11 is 12.8. The predicted octanol–water partition coefficient (Wildman–Crippen LogP) is 4.88. The minimum atomic E-state index is 0.426. The molecule has 4 rings (SSSR count). The third kappa shape index (κ3) is 3.37. The number of hydrazone groups is 1. The van der Waals surface area contributed by atoms with Crippen LogP contribution in [-0.4, -0.2) is 26.2 Å². The van der Waals surface area contributed by atoms with Gasteiger partial charge in [0.2, 0.25) is 0 Å². The number of nitrogens with one attached hydrogen (secondary N) is 1. The number of aromatic nitrogens is 4. The van der Waals surface area contributed by atoms with Crippen LogP contribution in [0.3, 0.4) is 0 Å². The van der Waals surface area contributed by atoms with Gasteiger partial charge in [0.1, 0.15) is 5.15 Å². The summed E-state index contributed by atoms with van der Waals surface area (Å²) in [4.78, 5) is 0. The molecule has 2 aromatic carbocycles. The molecule has 0 unspecified atom stereocenters. The molecule has 0 aliphatic rings. The van der Waals surface area contributed by atoms with Gasteiger partial charge in [-0.15, -0.1) is 5.10 Å². The summed E-state index contributed by atoms with van der Waals surface area (Å²) in [5.41, 5.74) is 5.06. The Kier molecular flexibility index (Phi) is 4.75. The van der Waals surface area contributed by atoms with Crippen LogP contribution >= 0.6 is 23.2 Å². The van der Waals surface area contributed by atoms with E-state index in [1.807, 2.05) is 49.4 Å². The lowest BCUT2D eigenvalue weighted by atomic mass is 10.2. The molecule has 0 bridgehead atoms. The van der Waals surface area contributed by atoms with Crippen LogP contribution in [-0.2, 0) is 0 Å². The zero-order chi connectivity index (χ0) is 18.8. The lowest BCUT2D eigenvalue weighted by Gasteiger charge is -2.05. The van der Waals surface area contributed by atoms with E-state index in [1.165, 1.54) is 0 Å². The maximum absolute atomic E-state index is 6.51. The van der Waals surface area contributed by atoms with Crippen molar-refractivity contribution in [1.82, 2.24) is 20.0 Å². The van der Waals surface area contributed by atoms with Crippen LogP contribution in [0.25, 0.3) is 16.5 Å². The second-order valence-electron chi connectivity index (χ2n) is 5.80. The van der Waals surface area contributed by atoms with Gasteiger partial charge >= 0.3 is 0 Å². The van der Waals surface area contributed by atoms with Crippen molar-refractivity contribution in [3.63, 3.8) is 0 Å². The van der Waals surface area contributed by atoms with Crippen molar-refractivity contribution in [2.75, 3.05) is 5.43 Å². The first kappa shape index (κ1) is 17.5. The number of benzene rings is 2. The summed E-state index contributed by atoms with van der Waals surface area (Å²) in [5.74, 6) is 0.566. The standard InChI is InChI=1S/C19H14Cl2N6/c1-12-15(18(21)27(26-12)17-9-5-4-8-16(17)20)11-23-25-19-14-7-3-2-6-13(14)10-22-24-19/h2-11H,1H3,(H,24,25)/b23-11-. The lowest BCUT2D eigenvalue weighted by Crippen LogP contribution is -1.98. The molecule has 2 aromatic heterocycles. The van der Waals surface area contributed by atoms with Gasteiger partial charge in [-0.1, -0.05) is 59.6 Å². The SMILES string of the molecule is Cc1nn(-c2ccccc2Cl)c(Cl)c1/C=N\Nc1nncc2ccccc12. The summed E-state index contributed by atoms with van der Waals surface area (Å²) in [7, 11) is 0. The van der Waals surface area contributed by atoms with E-state index in [1.54, 1.807) is 23.2 Å². The van der Waals surface area contributed by atoms with E-state index in [-0.39, 0.29) is 0 Å². The maximum Gasteiger partial charge on any atom is 0.176 e. The highest BCUT2D eigenvalue weighted by Gasteiger charge is 2.15. The number of halogens is 2. The molecule has 0 radical (unpaired) electrons. The fourth-order valence-electron chi connectivity index (χ4n) is 2.71. The van der Waals surface area contributed by atoms with E-state index >= 15 is 0 Å². The Morgan fingerprint density at radius 1 is 1.07 bits per heavy atom. The minimum Gasteiger partial charge on any atom is -0.259 e. The van der Waals surface area contributed by atoms with E-state index in [2.05, 4.69) is 25.8 Å². The first-order chi connectivity index (χ1) is 13.1. The number of para-hydroxylation sites is 1. The predicted molar refractivity (Wildman–Crippen MR) is 109 cm³/mol. The Balaban J connectivity index is 1.64. The molecule has 4 aromatic rings. The Bertz CT molecular complexity index is 1150. The summed E-state index contributed by atoms with van der Waals surface area (Å²) < 4.78 is 1.60. The molecule has 0 amide bonds. The molecule has 2 heterocycles. The Labute approximate surface area is 165 Å². The van der Waals surface area contributed by atoms with Crippen LogP contribution in [0.15, 0.2) is 59.8 Å². The highest BCUT2D eigenvalue weighted by molar-refractivity contribution is 6.34. The number of hydrogen-bond donors (Lipinski definition) is 1. The number of rotatable bonds is 4. The molecule has 0 aliphatic carbocycles. The van der Waals surface area contributed by atoms with Crippen molar-refractivity contribution in [2.24, 2.45) is 5.10 Å². The van der Waals surface area contributed by atoms with Gasteiger partial charge in [-0.2, -0.15) is 15.3 Å². The van der Waals surface area contributed by atoms with E-state index < -0.39 is 0 Å². The van der Waals surface area contributed by atoms with E-state index in [9.17, 15) is 0 Å². The monoisotopic (exact) mass is 396 g/mol. The molecule has 0 fully saturated rings. The fraction of sp³-hybridized carbons (Fsp3) is 0.0526. The molecule has 0 aliphatic heterocycles. The Morgan fingerprint density at radius 2 is 1.85 bits per heavy atom. The van der Waals surface area contributed by atoms with Gasteiger partial charge < -0.3 is 0 Å². The van der Waals surface area contributed by atoms with Crippen LogP contribution in [0.1, 0.15) is 11.3 Å². The van der Waals surface area contributed by atoms with E-state index in [0.717, 1.165) is 16.5 Å². The quantitative estimate of drug-likeness (QED) is 0.394. The van der Waals surface area contributed by atoms with Crippen molar-refractivity contribution in [2.45, 2.75) is 6.92 Å². The van der Waals surface area contributed by atoms with Crippen LogP contribution in [0, 0.1) is 6.92 Å².